The number of hydrogen-bond acceptors (Lipinski definition) is 5. The Balaban J connectivity index is 1.65. The van der Waals surface area contributed by atoms with Crippen LogP contribution in [0.25, 0.3) is 6.08 Å². The lowest BCUT2D eigenvalue weighted by atomic mass is 10.0. The molecule has 0 atom stereocenters. The zero-order valence-corrected chi connectivity index (χ0v) is 19.9. The Kier molecular flexibility index (Phi) is 6.75. The summed E-state index contributed by atoms with van der Waals surface area (Å²) < 4.78 is 11.4. The number of amides is 2. The molecule has 1 N–H and O–H groups in total. The molecule has 7 heteroatoms. The third-order valence-corrected chi connectivity index (χ3v) is 5.72. The highest BCUT2D eigenvalue weighted by atomic mass is 32.1. The van der Waals surface area contributed by atoms with Gasteiger partial charge in [-0.2, -0.15) is 0 Å². The van der Waals surface area contributed by atoms with Gasteiger partial charge in [0.2, 0.25) is 0 Å². The summed E-state index contributed by atoms with van der Waals surface area (Å²) in [7, 11) is 1.56. The zero-order valence-electron chi connectivity index (χ0n) is 19.1. The second kappa shape index (κ2) is 9.89. The zero-order chi connectivity index (χ0) is 24.2. The predicted molar refractivity (Wildman–Crippen MR) is 136 cm³/mol. The molecule has 1 saturated heterocycles. The van der Waals surface area contributed by atoms with Crippen LogP contribution in [0, 0.1) is 13.8 Å². The number of anilines is 1. The highest BCUT2D eigenvalue weighted by molar-refractivity contribution is 7.80. The number of methoxy groups -OCH3 is 1. The van der Waals surface area contributed by atoms with Crippen LogP contribution < -0.4 is 19.7 Å². The van der Waals surface area contributed by atoms with Crippen LogP contribution in [0.3, 0.4) is 0 Å². The van der Waals surface area contributed by atoms with Gasteiger partial charge in [-0.05, 0) is 67.0 Å². The fraction of sp³-hybridized carbons (Fsp3) is 0.148. The van der Waals surface area contributed by atoms with Gasteiger partial charge < -0.3 is 9.47 Å². The van der Waals surface area contributed by atoms with Gasteiger partial charge >= 0.3 is 0 Å². The average molecular weight is 473 g/mol. The Morgan fingerprint density at radius 2 is 1.74 bits per heavy atom. The number of ether oxygens (including phenoxy) is 2. The average Bonchev–Trinajstić information content (AvgIpc) is 2.82. The first-order valence-corrected chi connectivity index (χ1v) is 11.1. The molecule has 0 aromatic heterocycles. The maximum absolute atomic E-state index is 13.4. The van der Waals surface area contributed by atoms with Crippen molar-refractivity contribution in [2.75, 3.05) is 12.0 Å². The fourth-order valence-electron chi connectivity index (χ4n) is 3.73. The minimum Gasteiger partial charge on any atom is -0.493 e. The van der Waals surface area contributed by atoms with Gasteiger partial charge in [0.15, 0.2) is 16.6 Å². The van der Waals surface area contributed by atoms with Crippen molar-refractivity contribution in [2.45, 2.75) is 20.5 Å². The number of nitrogens with zero attached hydrogens (tertiary/aromatic N) is 1. The minimum absolute atomic E-state index is 0.0206. The molecule has 0 radical (unpaired) electrons. The first-order chi connectivity index (χ1) is 16.4. The molecular weight excluding hydrogens is 448 g/mol. The Morgan fingerprint density at radius 1 is 0.971 bits per heavy atom. The summed E-state index contributed by atoms with van der Waals surface area (Å²) in [6, 6.07) is 20.7. The summed E-state index contributed by atoms with van der Waals surface area (Å²) in [6.45, 7) is 4.23. The van der Waals surface area contributed by atoms with Crippen LogP contribution in [0.15, 0.2) is 72.3 Å². The van der Waals surface area contributed by atoms with E-state index in [0.29, 0.717) is 29.4 Å². The molecule has 4 rings (SSSR count). The van der Waals surface area contributed by atoms with Gasteiger partial charge in [-0.3, -0.25) is 19.8 Å². The molecule has 34 heavy (non-hydrogen) atoms. The number of carbonyl (C=O) groups excluding carboxylic acids is 2. The Labute approximate surface area is 203 Å². The van der Waals surface area contributed by atoms with Crippen molar-refractivity contribution in [3.8, 4) is 11.5 Å². The van der Waals surface area contributed by atoms with E-state index in [9.17, 15) is 9.59 Å². The molecule has 172 valence electrons. The number of benzene rings is 3. The molecule has 0 aliphatic carbocycles. The van der Waals surface area contributed by atoms with Crippen molar-refractivity contribution in [3.05, 3.63) is 94.6 Å². The topological polar surface area (TPSA) is 67.9 Å². The molecule has 1 aliphatic heterocycles. The summed E-state index contributed by atoms with van der Waals surface area (Å²) in [5.74, 6) is 0.0311. The molecule has 3 aromatic carbocycles. The van der Waals surface area contributed by atoms with E-state index in [1.54, 1.807) is 25.3 Å². The Bertz CT molecular complexity index is 1300. The quantitative estimate of drug-likeness (QED) is 0.319. The largest absolute Gasteiger partial charge is 0.493 e. The maximum atomic E-state index is 13.4. The van der Waals surface area contributed by atoms with Gasteiger partial charge in [0.05, 0.1) is 12.8 Å². The first-order valence-electron chi connectivity index (χ1n) is 10.7. The maximum Gasteiger partial charge on any atom is 0.270 e. The van der Waals surface area contributed by atoms with Crippen molar-refractivity contribution in [2.24, 2.45) is 0 Å². The fourth-order valence-corrected chi connectivity index (χ4v) is 4.00. The molecule has 0 saturated carbocycles. The van der Waals surface area contributed by atoms with Crippen LogP contribution in [-0.2, 0) is 16.2 Å². The van der Waals surface area contributed by atoms with Crippen molar-refractivity contribution in [3.63, 3.8) is 0 Å². The summed E-state index contributed by atoms with van der Waals surface area (Å²) in [5.41, 5.74) is 4.19. The molecular formula is C27H24N2O4S. The van der Waals surface area contributed by atoms with Gasteiger partial charge in [-0.1, -0.05) is 54.1 Å². The number of nitrogens with one attached hydrogen (secondary N) is 1. The number of carbonyl (C=O) groups is 2. The highest BCUT2D eigenvalue weighted by Crippen LogP contribution is 2.31. The van der Waals surface area contributed by atoms with Gasteiger partial charge in [0.1, 0.15) is 12.2 Å². The molecule has 1 heterocycles. The third kappa shape index (κ3) is 4.84. The van der Waals surface area contributed by atoms with Crippen LogP contribution in [0.2, 0.25) is 0 Å². The van der Waals surface area contributed by atoms with Gasteiger partial charge in [0, 0.05) is 0 Å². The third-order valence-electron chi connectivity index (χ3n) is 5.43. The number of thiocarbonyl (C=S) groups is 1. The lowest BCUT2D eigenvalue weighted by Crippen LogP contribution is -2.54. The summed E-state index contributed by atoms with van der Waals surface area (Å²) >= 11 is 5.32. The van der Waals surface area contributed by atoms with E-state index in [2.05, 4.69) is 5.32 Å². The first kappa shape index (κ1) is 23.2. The Morgan fingerprint density at radius 3 is 2.44 bits per heavy atom. The molecule has 1 aliphatic rings. The van der Waals surface area contributed by atoms with Crippen LogP contribution in [0.5, 0.6) is 11.5 Å². The van der Waals surface area contributed by atoms with Crippen LogP contribution in [0.4, 0.5) is 5.69 Å². The summed E-state index contributed by atoms with van der Waals surface area (Å²) in [5, 5.41) is 2.68. The van der Waals surface area contributed by atoms with E-state index >= 15 is 0 Å². The standard InChI is InChI=1S/C27H24N2O4S/c1-17-9-11-22(18(2)13-17)29-26(31)21(25(30)28-27(29)34)14-20-10-12-23(32-3)24(15-20)33-16-19-7-5-4-6-8-19/h4-15H,16H2,1-3H3,(H,28,30,34)/b21-14-. The second-order valence-corrected chi connectivity index (χ2v) is 8.32. The molecule has 0 bridgehead atoms. The minimum atomic E-state index is -0.543. The van der Waals surface area contributed by atoms with E-state index in [1.807, 2.05) is 62.4 Å². The molecule has 1 fully saturated rings. The van der Waals surface area contributed by atoms with Gasteiger partial charge in [0.25, 0.3) is 11.8 Å². The van der Waals surface area contributed by atoms with Crippen molar-refractivity contribution in [1.29, 1.82) is 0 Å². The SMILES string of the molecule is COc1ccc(/C=C2/C(=O)NC(=S)N(c3ccc(C)cc3C)C2=O)cc1OCc1ccccc1. The van der Waals surface area contributed by atoms with E-state index in [-0.39, 0.29) is 10.7 Å². The number of hydrogen-bond donors (Lipinski definition) is 1. The lowest BCUT2D eigenvalue weighted by molar-refractivity contribution is -0.122. The van der Waals surface area contributed by atoms with Crippen LogP contribution in [0.1, 0.15) is 22.3 Å². The summed E-state index contributed by atoms with van der Waals surface area (Å²) in [6.07, 6.45) is 1.53. The molecule has 0 spiro atoms. The van der Waals surface area contributed by atoms with Crippen molar-refractivity contribution >= 4 is 40.9 Å². The van der Waals surface area contributed by atoms with Crippen molar-refractivity contribution < 1.29 is 19.1 Å². The smallest absolute Gasteiger partial charge is 0.270 e. The molecule has 3 aromatic rings. The number of aryl methyl sites for hydroxylation is 2. The number of rotatable bonds is 6. The van der Waals surface area contributed by atoms with Gasteiger partial charge in [-0.25, -0.2) is 0 Å². The van der Waals surface area contributed by atoms with Gasteiger partial charge in [-0.15, -0.1) is 0 Å². The normalized spacial score (nSPS) is 14.9. The predicted octanol–water partition coefficient (Wildman–Crippen LogP) is 4.72. The lowest BCUT2D eigenvalue weighted by Gasteiger charge is -2.30. The molecule has 0 unspecified atom stereocenters. The van der Waals surface area contributed by atoms with E-state index in [0.717, 1.165) is 16.7 Å². The van der Waals surface area contributed by atoms with E-state index < -0.39 is 11.8 Å². The van der Waals surface area contributed by atoms with Crippen molar-refractivity contribution in [1.82, 2.24) is 5.32 Å². The monoisotopic (exact) mass is 472 g/mol. The summed E-state index contributed by atoms with van der Waals surface area (Å²) in [4.78, 5) is 27.4. The second-order valence-electron chi connectivity index (χ2n) is 7.93. The molecule has 2 amide bonds. The molecule has 6 nitrogen and oxygen atoms in total. The van der Waals surface area contributed by atoms with E-state index in [4.69, 9.17) is 21.7 Å². The van der Waals surface area contributed by atoms with Crippen LogP contribution in [-0.4, -0.2) is 24.0 Å². The Hall–Kier alpha value is -3.97. The highest BCUT2D eigenvalue weighted by Gasteiger charge is 2.35. The van der Waals surface area contributed by atoms with E-state index in [1.165, 1.54) is 11.0 Å². The van der Waals surface area contributed by atoms with Crippen LogP contribution >= 0.6 is 12.2 Å².